The van der Waals surface area contributed by atoms with E-state index in [0.29, 0.717) is 29.0 Å². The predicted octanol–water partition coefficient (Wildman–Crippen LogP) is 4.67. The number of ether oxygens (including phenoxy) is 1. The molecular formula is C21H24Cl2N2O2. The van der Waals surface area contributed by atoms with Crippen LogP contribution in [0.1, 0.15) is 30.4 Å². The molecule has 0 saturated carbocycles. The molecule has 1 aliphatic rings. The molecule has 0 bridgehead atoms. The van der Waals surface area contributed by atoms with E-state index in [9.17, 15) is 4.79 Å². The molecule has 0 unspecified atom stereocenters. The van der Waals surface area contributed by atoms with E-state index >= 15 is 0 Å². The summed E-state index contributed by atoms with van der Waals surface area (Å²) in [6, 6.07) is 13.5. The van der Waals surface area contributed by atoms with Crippen LogP contribution >= 0.6 is 23.2 Å². The molecular weight excluding hydrogens is 383 g/mol. The van der Waals surface area contributed by atoms with Gasteiger partial charge in [0.05, 0.1) is 10.0 Å². The van der Waals surface area contributed by atoms with Crippen LogP contribution in [-0.4, -0.2) is 30.4 Å². The highest BCUT2D eigenvalue weighted by molar-refractivity contribution is 6.42. The number of amides is 1. The van der Waals surface area contributed by atoms with Gasteiger partial charge >= 0.3 is 0 Å². The summed E-state index contributed by atoms with van der Waals surface area (Å²) in [5.74, 6) is 1.12. The summed E-state index contributed by atoms with van der Waals surface area (Å²) in [5.41, 5.74) is 2.14. The zero-order chi connectivity index (χ0) is 19.1. The van der Waals surface area contributed by atoms with Gasteiger partial charge in [0, 0.05) is 26.1 Å². The monoisotopic (exact) mass is 406 g/mol. The van der Waals surface area contributed by atoms with E-state index in [-0.39, 0.29) is 0 Å². The van der Waals surface area contributed by atoms with Crippen molar-refractivity contribution in [3.63, 3.8) is 0 Å². The Kier molecular flexibility index (Phi) is 7.39. The number of carbonyl (C=O) groups excluding carboxylic acids is 1. The highest BCUT2D eigenvalue weighted by Crippen LogP contribution is 2.23. The highest BCUT2D eigenvalue weighted by atomic mass is 35.5. The first-order chi connectivity index (χ1) is 13.1. The van der Waals surface area contributed by atoms with Gasteiger partial charge in [0.1, 0.15) is 12.4 Å². The van der Waals surface area contributed by atoms with Gasteiger partial charge in [-0.15, -0.1) is 0 Å². The molecule has 144 valence electrons. The largest absolute Gasteiger partial charge is 0.489 e. The van der Waals surface area contributed by atoms with Crippen LogP contribution in [-0.2, 0) is 17.9 Å². The molecule has 1 fully saturated rings. The van der Waals surface area contributed by atoms with Gasteiger partial charge in [-0.1, -0.05) is 41.4 Å². The molecule has 0 spiro atoms. The van der Waals surface area contributed by atoms with E-state index in [2.05, 4.69) is 11.4 Å². The lowest BCUT2D eigenvalue weighted by Gasteiger charge is -2.15. The molecule has 1 heterocycles. The SMILES string of the molecule is O=C1CCCN1CCCNCc1cccc(OCc2ccc(Cl)c(Cl)c2)c1. The van der Waals surface area contributed by atoms with Gasteiger partial charge in [-0.05, 0) is 54.8 Å². The van der Waals surface area contributed by atoms with Gasteiger partial charge in [-0.3, -0.25) is 4.79 Å². The number of benzene rings is 2. The Balaban J connectivity index is 1.40. The lowest BCUT2D eigenvalue weighted by atomic mass is 10.2. The Morgan fingerprint density at radius 1 is 1.07 bits per heavy atom. The maximum absolute atomic E-state index is 11.6. The molecule has 1 N–H and O–H groups in total. The first-order valence-corrected chi connectivity index (χ1v) is 10.0. The minimum Gasteiger partial charge on any atom is -0.489 e. The van der Waals surface area contributed by atoms with Gasteiger partial charge in [0.2, 0.25) is 5.91 Å². The average Bonchev–Trinajstić information content (AvgIpc) is 3.08. The fraction of sp³-hybridized carbons (Fsp3) is 0.381. The standard InChI is InChI=1S/C21H24Cl2N2O2/c22-19-8-7-17(13-20(19)23)15-27-18-5-1-4-16(12-18)14-24-9-3-11-25-10-2-6-21(25)26/h1,4-5,7-8,12-13,24H,2-3,6,9-11,14-15H2. The summed E-state index contributed by atoms with van der Waals surface area (Å²) < 4.78 is 5.86. The number of carbonyl (C=O) groups is 1. The molecule has 0 radical (unpaired) electrons. The number of hydrogen-bond donors (Lipinski definition) is 1. The molecule has 2 aromatic rings. The molecule has 1 saturated heterocycles. The smallest absolute Gasteiger partial charge is 0.222 e. The van der Waals surface area contributed by atoms with Gasteiger partial charge in [0.15, 0.2) is 0 Å². The zero-order valence-electron chi connectivity index (χ0n) is 15.2. The molecule has 0 aliphatic carbocycles. The van der Waals surface area contributed by atoms with Crippen molar-refractivity contribution in [2.45, 2.75) is 32.4 Å². The quantitative estimate of drug-likeness (QED) is 0.614. The number of rotatable bonds is 9. The Labute approximate surface area is 170 Å². The molecule has 0 aromatic heterocycles. The van der Waals surface area contributed by atoms with Crippen molar-refractivity contribution in [1.82, 2.24) is 10.2 Å². The van der Waals surface area contributed by atoms with E-state index in [1.54, 1.807) is 6.07 Å². The minimum atomic E-state index is 0.293. The first kappa shape index (κ1) is 20.0. The topological polar surface area (TPSA) is 41.6 Å². The first-order valence-electron chi connectivity index (χ1n) is 9.26. The second-order valence-electron chi connectivity index (χ2n) is 6.70. The van der Waals surface area contributed by atoms with Gasteiger partial charge < -0.3 is 15.0 Å². The van der Waals surface area contributed by atoms with E-state index in [4.69, 9.17) is 27.9 Å². The second-order valence-corrected chi connectivity index (χ2v) is 7.51. The van der Waals surface area contributed by atoms with Crippen LogP contribution in [0.5, 0.6) is 5.75 Å². The Morgan fingerprint density at radius 2 is 1.96 bits per heavy atom. The van der Waals surface area contributed by atoms with Gasteiger partial charge in [-0.2, -0.15) is 0 Å². The highest BCUT2D eigenvalue weighted by Gasteiger charge is 2.18. The number of halogens is 2. The Morgan fingerprint density at radius 3 is 2.74 bits per heavy atom. The molecule has 6 heteroatoms. The van der Waals surface area contributed by atoms with Crippen molar-refractivity contribution in [2.24, 2.45) is 0 Å². The summed E-state index contributed by atoms with van der Waals surface area (Å²) in [4.78, 5) is 13.5. The molecule has 2 aromatic carbocycles. The fourth-order valence-corrected chi connectivity index (χ4v) is 3.43. The van der Waals surface area contributed by atoms with Gasteiger partial charge in [0.25, 0.3) is 0 Å². The van der Waals surface area contributed by atoms with Crippen LogP contribution in [0.2, 0.25) is 10.0 Å². The van der Waals surface area contributed by atoms with Crippen molar-refractivity contribution < 1.29 is 9.53 Å². The van der Waals surface area contributed by atoms with E-state index in [0.717, 1.165) is 50.3 Å². The van der Waals surface area contributed by atoms with Crippen molar-refractivity contribution in [2.75, 3.05) is 19.6 Å². The minimum absolute atomic E-state index is 0.293. The second kappa shape index (κ2) is 9.98. The number of likely N-dealkylation sites (tertiary alicyclic amines) is 1. The van der Waals surface area contributed by atoms with Crippen LogP contribution in [0.15, 0.2) is 42.5 Å². The van der Waals surface area contributed by atoms with E-state index < -0.39 is 0 Å². The molecule has 3 rings (SSSR count). The summed E-state index contributed by atoms with van der Waals surface area (Å²) >= 11 is 12.0. The summed E-state index contributed by atoms with van der Waals surface area (Å²) in [6.07, 6.45) is 2.68. The van der Waals surface area contributed by atoms with Crippen molar-refractivity contribution in [3.8, 4) is 5.75 Å². The van der Waals surface area contributed by atoms with Crippen LogP contribution in [0.4, 0.5) is 0 Å². The number of nitrogens with zero attached hydrogens (tertiary/aromatic N) is 1. The molecule has 0 atom stereocenters. The van der Waals surface area contributed by atoms with Crippen LogP contribution < -0.4 is 10.1 Å². The van der Waals surface area contributed by atoms with Crippen molar-refractivity contribution >= 4 is 29.1 Å². The molecule has 1 aliphatic heterocycles. The third kappa shape index (κ3) is 6.13. The molecule has 1 amide bonds. The maximum atomic E-state index is 11.6. The lowest BCUT2D eigenvalue weighted by molar-refractivity contribution is -0.127. The third-order valence-electron chi connectivity index (χ3n) is 4.57. The average molecular weight is 407 g/mol. The molecule has 4 nitrogen and oxygen atoms in total. The number of hydrogen-bond acceptors (Lipinski definition) is 3. The van der Waals surface area contributed by atoms with Crippen LogP contribution in [0.25, 0.3) is 0 Å². The Hall–Kier alpha value is -1.75. The van der Waals surface area contributed by atoms with Crippen LogP contribution in [0.3, 0.4) is 0 Å². The molecule has 27 heavy (non-hydrogen) atoms. The zero-order valence-corrected chi connectivity index (χ0v) is 16.7. The van der Waals surface area contributed by atoms with Crippen molar-refractivity contribution in [1.29, 1.82) is 0 Å². The fourth-order valence-electron chi connectivity index (χ4n) is 3.11. The number of nitrogens with one attached hydrogen (secondary N) is 1. The third-order valence-corrected chi connectivity index (χ3v) is 5.31. The maximum Gasteiger partial charge on any atom is 0.222 e. The van der Waals surface area contributed by atoms with E-state index in [1.165, 1.54) is 5.56 Å². The normalized spacial score (nSPS) is 14.0. The predicted molar refractivity (Wildman–Crippen MR) is 109 cm³/mol. The lowest BCUT2D eigenvalue weighted by Crippen LogP contribution is -2.28. The summed E-state index contributed by atoms with van der Waals surface area (Å²) in [5, 5.41) is 4.51. The van der Waals surface area contributed by atoms with Gasteiger partial charge in [-0.25, -0.2) is 0 Å². The van der Waals surface area contributed by atoms with Crippen LogP contribution in [0, 0.1) is 0 Å². The summed E-state index contributed by atoms with van der Waals surface area (Å²) in [7, 11) is 0. The summed E-state index contributed by atoms with van der Waals surface area (Å²) in [6.45, 7) is 3.86. The van der Waals surface area contributed by atoms with Crippen molar-refractivity contribution in [3.05, 3.63) is 63.6 Å². The van der Waals surface area contributed by atoms with E-state index in [1.807, 2.05) is 35.2 Å². The Bertz CT molecular complexity index is 783.